The molecular weight excluding hydrogens is 370 g/mol. The Morgan fingerprint density at radius 1 is 1.00 bits per heavy atom. The van der Waals surface area contributed by atoms with Gasteiger partial charge in [0.05, 0.1) is 27.4 Å². The minimum atomic E-state index is 0.586. The van der Waals surface area contributed by atoms with Gasteiger partial charge >= 0.3 is 0 Å². The van der Waals surface area contributed by atoms with Crippen molar-refractivity contribution in [3.8, 4) is 17.2 Å². The molecule has 2 rings (SSSR count). The van der Waals surface area contributed by atoms with Crippen molar-refractivity contribution in [2.45, 2.75) is 20.0 Å². The first-order chi connectivity index (χ1) is 14.2. The molecule has 7 nitrogen and oxygen atoms in total. The molecule has 0 heterocycles. The molecule has 0 fully saturated rings. The summed E-state index contributed by atoms with van der Waals surface area (Å²) in [4.78, 5) is 4.25. The van der Waals surface area contributed by atoms with Crippen molar-refractivity contribution in [2.75, 3.05) is 46.3 Å². The van der Waals surface area contributed by atoms with Gasteiger partial charge in [0.15, 0.2) is 17.5 Å². The van der Waals surface area contributed by atoms with Crippen LogP contribution in [0.3, 0.4) is 0 Å². The van der Waals surface area contributed by atoms with Gasteiger partial charge in [-0.3, -0.25) is 4.99 Å². The molecule has 0 atom stereocenters. The van der Waals surface area contributed by atoms with E-state index in [0.717, 1.165) is 35.7 Å². The molecule has 0 amide bonds. The van der Waals surface area contributed by atoms with Crippen molar-refractivity contribution in [1.82, 2.24) is 5.32 Å². The number of guanidine groups is 1. The van der Waals surface area contributed by atoms with Gasteiger partial charge in [-0.15, -0.1) is 0 Å². The molecule has 158 valence electrons. The Hall–Kier alpha value is -2.93. The monoisotopic (exact) mass is 401 g/mol. The lowest BCUT2D eigenvalue weighted by atomic mass is 10.2. The van der Waals surface area contributed by atoms with Gasteiger partial charge in [-0.25, -0.2) is 0 Å². The molecule has 7 heteroatoms. The molecule has 0 aliphatic rings. The highest BCUT2D eigenvalue weighted by molar-refractivity contribution is 5.93. The SMILES string of the molecule is CCOc1ccc(NC(=NC)NCCCOCc2ccc(OC)cc2)cc1OC. The number of rotatable bonds is 11. The zero-order valence-corrected chi connectivity index (χ0v) is 17.7. The maximum Gasteiger partial charge on any atom is 0.195 e. The fourth-order valence-corrected chi connectivity index (χ4v) is 2.63. The molecule has 0 aliphatic carbocycles. The Morgan fingerprint density at radius 3 is 2.45 bits per heavy atom. The Bertz CT molecular complexity index is 763. The molecule has 0 radical (unpaired) electrons. The predicted molar refractivity (Wildman–Crippen MR) is 116 cm³/mol. The molecule has 0 aromatic heterocycles. The van der Waals surface area contributed by atoms with E-state index in [1.165, 1.54) is 0 Å². The second kappa shape index (κ2) is 12.5. The smallest absolute Gasteiger partial charge is 0.195 e. The second-order valence-electron chi connectivity index (χ2n) is 6.18. The van der Waals surface area contributed by atoms with Gasteiger partial charge in [-0.1, -0.05) is 12.1 Å². The molecule has 2 aromatic carbocycles. The summed E-state index contributed by atoms with van der Waals surface area (Å²) in [6.07, 6.45) is 0.865. The van der Waals surface area contributed by atoms with Crippen LogP contribution in [0, 0.1) is 0 Å². The molecule has 0 saturated heterocycles. The van der Waals surface area contributed by atoms with E-state index < -0.39 is 0 Å². The van der Waals surface area contributed by atoms with Gasteiger partial charge in [0, 0.05) is 32.0 Å². The maximum absolute atomic E-state index is 5.72. The van der Waals surface area contributed by atoms with Gasteiger partial charge in [0.1, 0.15) is 5.75 Å². The summed E-state index contributed by atoms with van der Waals surface area (Å²) in [5.41, 5.74) is 2.00. The number of hydrogen-bond donors (Lipinski definition) is 2. The van der Waals surface area contributed by atoms with E-state index in [-0.39, 0.29) is 0 Å². The molecule has 0 spiro atoms. The summed E-state index contributed by atoms with van der Waals surface area (Å²) in [7, 11) is 5.02. The van der Waals surface area contributed by atoms with E-state index in [2.05, 4.69) is 15.6 Å². The van der Waals surface area contributed by atoms with Gasteiger partial charge in [0.2, 0.25) is 0 Å². The zero-order chi connectivity index (χ0) is 20.9. The minimum absolute atomic E-state index is 0.586. The summed E-state index contributed by atoms with van der Waals surface area (Å²) >= 11 is 0. The maximum atomic E-state index is 5.72. The van der Waals surface area contributed by atoms with Crippen molar-refractivity contribution in [3.63, 3.8) is 0 Å². The van der Waals surface area contributed by atoms with Gasteiger partial charge in [0.25, 0.3) is 0 Å². The third-order valence-electron chi connectivity index (χ3n) is 4.14. The average molecular weight is 402 g/mol. The van der Waals surface area contributed by atoms with E-state index in [0.29, 0.717) is 31.5 Å². The van der Waals surface area contributed by atoms with Crippen LogP contribution in [0.25, 0.3) is 0 Å². The van der Waals surface area contributed by atoms with Crippen molar-refractivity contribution < 1.29 is 18.9 Å². The Labute approximate surface area is 173 Å². The van der Waals surface area contributed by atoms with Crippen LogP contribution in [-0.2, 0) is 11.3 Å². The lowest BCUT2D eigenvalue weighted by Crippen LogP contribution is -2.31. The quantitative estimate of drug-likeness (QED) is 0.340. The van der Waals surface area contributed by atoms with Crippen molar-refractivity contribution >= 4 is 11.6 Å². The summed E-state index contributed by atoms with van der Waals surface area (Å²) in [5, 5.41) is 6.53. The van der Waals surface area contributed by atoms with Crippen LogP contribution in [0.1, 0.15) is 18.9 Å². The summed E-state index contributed by atoms with van der Waals surface area (Å²) < 4.78 is 21.8. The van der Waals surface area contributed by atoms with Crippen LogP contribution in [0.4, 0.5) is 5.69 Å². The standard InChI is InChI=1S/C22H31N3O4/c1-5-29-20-12-9-18(15-21(20)27-4)25-22(23-2)24-13-6-14-28-16-17-7-10-19(26-3)11-8-17/h7-12,15H,5-6,13-14,16H2,1-4H3,(H2,23,24,25). The number of benzene rings is 2. The average Bonchev–Trinajstić information content (AvgIpc) is 2.76. The lowest BCUT2D eigenvalue weighted by Gasteiger charge is -2.14. The van der Waals surface area contributed by atoms with Crippen LogP contribution < -0.4 is 24.8 Å². The number of ether oxygens (including phenoxy) is 4. The molecule has 0 saturated carbocycles. The fourth-order valence-electron chi connectivity index (χ4n) is 2.63. The van der Waals surface area contributed by atoms with Gasteiger partial charge in [-0.05, 0) is 43.2 Å². The van der Waals surface area contributed by atoms with Crippen LogP contribution in [0.2, 0.25) is 0 Å². The Kier molecular flexibility index (Phi) is 9.65. The van der Waals surface area contributed by atoms with E-state index in [9.17, 15) is 0 Å². The highest BCUT2D eigenvalue weighted by Crippen LogP contribution is 2.30. The van der Waals surface area contributed by atoms with Crippen molar-refractivity contribution in [3.05, 3.63) is 48.0 Å². The summed E-state index contributed by atoms with van der Waals surface area (Å²) in [5.74, 6) is 2.94. The van der Waals surface area contributed by atoms with E-state index in [1.54, 1.807) is 21.3 Å². The largest absolute Gasteiger partial charge is 0.497 e. The first kappa shape index (κ1) is 22.4. The minimum Gasteiger partial charge on any atom is -0.497 e. The number of hydrogen-bond acceptors (Lipinski definition) is 5. The van der Waals surface area contributed by atoms with E-state index in [1.807, 2.05) is 49.4 Å². The van der Waals surface area contributed by atoms with E-state index in [4.69, 9.17) is 18.9 Å². The molecule has 2 aromatic rings. The van der Waals surface area contributed by atoms with Crippen LogP contribution in [-0.4, -0.2) is 47.0 Å². The zero-order valence-electron chi connectivity index (χ0n) is 17.7. The Balaban J connectivity index is 1.70. The normalized spacial score (nSPS) is 11.1. The van der Waals surface area contributed by atoms with Gasteiger partial charge in [-0.2, -0.15) is 0 Å². The molecule has 0 aliphatic heterocycles. The summed E-state index contributed by atoms with van der Waals surface area (Å²) in [6, 6.07) is 13.6. The topological polar surface area (TPSA) is 73.3 Å². The number of nitrogens with one attached hydrogen (secondary N) is 2. The van der Waals surface area contributed by atoms with E-state index >= 15 is 0 Å². The van der Waals surface area contributed by atoms with Crippen LogP contribution in [0.15, 0.2) is 47.5 Å². The molecular formula is C22H31N3O4. The lowest BCUT2D eigenvalue weighted by molar-refractivity contribution is 0.119. The van der Waals surface area contributed by atoms with Gasteiger partial charge < -0.3 is 29.6 Å². The van der Waals surface area contributed by atoms with Crippen molar-refractivity contribution in [1.29, 1.82) is 0 Å². The van der Waals surface area contributed by atoms with Crippen LogP contribution in [0.5, 0.6) is 17.2 Å². The van der Waals surface area contributed by atoms with Crippen molar-refractivity contribution in [2.24, 2.45) is 4.99 Å². The first-order valence-corrected chi connectivity index (χ1v) is 9.69. The highest BCUT2D eigenvalue weighted by Gasteiger charge is 2.06. The fraction of sp³-hybridized carbons (Fsp3) is 0.409. The highest BCUT2D eigenvalue weighted by atomic mass is 16.5. The number of anilines is 1. The molecule has 29 heavy (non-hydrogen) atoms. The molecule has 0 bridgehead atoms. The third-order valence-corrected chi connectivity index (χ3v) is 4.14. The third kappa shape index (κ3) is 7.54. The predicted octanol–water partition coefficient (Wildman–Crippen LogP) is 3.70. The number of nitrogens with zero attached hydrogens (tertiary/aromatic N) is 1. The van der Waals surface area contributed by atoms with Crippen LogP contribution >= 0.6 is 0 Å². The summed E-state index contributed by atoms with van der Waals surface area (Å²) in [6.45, 7) is 4.53. The number of aliphatic imine (C=N–C) groups is 1. The second-order valence-corrected chi connectivity index (χ2v) is 6.18. The Morgan fingerprint density at radius 2 is 1.79 bits per heavy atom. The molecule has 2 N–H and O–H groups in total. The molecule has 0 unspecified atom stereocenters. The number of methoxy groups -OCH3 is 2. The first-order valence-electron chi connectivity index (χ1n) is 9.69.